The Hall–Kier alpha value is -0.910. The predicted octanol–water partition coefficient (Wildman–Crippen LogP) is 1.81. The minimum atomic E-state index is 0.486. The van der Waals surface area contributed by atoms with E-state index in [0.717, 1.165) is 45.1 Å². The van der Waals surface area contributed by atoms with E-state index in [1.54, 1.807) is 0 Å². The maximum absolute atomic E-state index is 5.39. The van der Waals surface area contributed by atoms with Gasteiger partial charge in [0.05, 0.1) is 24.9 Å². The van der Waals surface area contributed by atoms with Crippen LogP contribution < -0.4 is 5.32 Å². The van der Waals surface area contributed by atoms with Gasteiger partial charge >= 0.3 is 0 Å². The quantitative estimate of drug-likeness (QED) is 0.868. The van der Waals surface area contributed by atoms with Crippen molar-refractivity contribution in [2.45, 2.75) is 51.2 Å². The van der Waals surface area contributed by atoms with Crippen molar-refractivity contribution in [1.29, 1.82) is 0 Å². The van der Waals surface area contributed by atoms with Crippen LogP contribution in [0, 0.1) is 0 Å². The Morgan fingerprint density at radius 1 is 1.33 bits per heavy atom. The van der Waals surface area contributed by atoms with E-state index in [0.29, 0.717) is 12.1 Å². The van der Waals surface area contributed by atoms with Crippen molar-refractivity contribution in [3.8, 4) is 0 Å². The summed E-state index contributed by atoms with van der Waals surface area (Å²) < 4.78 is 7.56. The zero-order valence-corrected chi connectivity index (χ0v) is 13.1. The van der Waals surface area contributed by atoms with Crippen LogP contribution in [0.25, 0.3) is 0 Å². The van der Waals surface area contributed by atoms with Crippen molar-refractivity contribution in [2.24, 2.45) is 0 Å². The highest BCUT2D eigenvalue weighted by Gasteiger charge is 2.18. The molecule has 1 atom stereocenters. The van der Waals surface area contributed by atoms with E-state index in [4.69, 9.17) is 9.84 Å². The molecule has 1 saturated carbocycles. The van der Waals surface area contributed by atoms with Crippen LogP contribution in [0.5, 0.6) is 0 Å². The normalized spacial score (nSPS) is 22.7. The first-order valence-electron chi connectivity index (χ1n) is 8.39. The Morgan fingerprint density at radius 3 is 2.86 bits per heavy atom. The standard InChI is InChI=1S/C16H28N4O/c1-14(13-19-8-10-21-11-9-19)17-12-15-6-7-20(18-15)16-4-2-3-5-16/h6-7,14,16-17H,2-5,8-13H2,1H3. The Bertz CT molecular complexity index is 422. The highest BCUT2D eigenvalue weighted by atomic mass is 16.5. The molecule has 3 rings (SSSR count). The van der Waals surface area contributed by atoms with Gasteiger partial charge in [0.1, 0.15) is 0 Å². The summed E-state index contributed by atoms with van der Waals surface area (Å²) in [5, 5.41) is 8.32. The molecule has 1 unspecified atom stereocenters. The van der Waals surface area contributed by atoms with Gasteiger partial charge in [0.15, 0.2) is 0 Å². The molecule has 0 amide bonds. The van der Waals surface area contributed by atoms with Crippen LogP contribution in [0.1, 0.15) is 44.3 Å². The van der Waals surface area contributed by atoms with Gasteiger partial charge in [-0.3, -0.25) is 9.58 Å². The van der Waals surface area contributed by atoms with Gasteiger partial charge in [-0.2, -0.15) is 5.10 Å². The van der Waals surface area contributed by atoms with E-state index in [1.165, 1.54) is 25.7 Å². The molecule has 0 radical (unpaired) electrons. The first-order valence-corrected chi connectivity index (χ1v) is 8.39. The van der Waals surface area contributed by atoms with Crippen molar-refractivity contribution in [3.63, 3.8) is 0 Å². The molecule has 0 spiro atoms. The minimum Gasteiger partial charge on any atom is -0.379 e. The lowest BCUT2D eigenvalue weighted by Crippen LogP contribution is -2.44. The monoisotopic (exact) mass is 292 g/mol. The summed E-state index contributed by atoms with van der Waals surface area (Å²) in [5.41, 5.74) is 1.16. The Kier molecular flexibility index (Phi) is 5.27. The molecule has 1 aromatic heterocycles. The van der Waals surface area contributed by atoms with E-state index >= 15 is 0 Å². The van der Waals surface area contributed by atoms with Crippen LogP contribution in [0.3, 0.4) is 0 Å². The van der Waals surface area contributed by atoms with E-state index in [1.807, 2.05) is 0 Å². The summed E-state index contributed by atoms with van der Waals surface area (Å²) in [6, 6.07) is 3.29. The topological polar surface area (TPSA) is 42.3 Å². The van der Waals surface area contributed by atoms with Crippen molar-refractivity contribution in [1.82, 2.24) is 20.0 Å². The highest BCUT2D eigenvalue weighted by Crippen LogP contribution is 2.28. The van der Waals surface area contributed by atoms with Crippen molar-refractivity contribution in [3.05, 3.63) is 18.0 Å². The molecule has 118 valence electrons. The van der Waals surface area contributed by atoms with Gasteiger partial charge in [-0.25, -0.2) is 0 Å². The third-order valence-electron chi connectivity index (χ3n) is 4.63. The summed E-state index contributed by atoms with van der Waals surface area (Å²) in [4.78, 5) is 2.47. The average molecular weight is 292 g/mol. The average Bonchev–Trinajstić information content (AvgIpc) is 3.17. The summed E-state index contributed by atoms with van der Waals surface area (Å²) in [5.74, 6) is 0. The fraction of sp³-hybridized carbons (Fsp3) is 0.812. The summed E-state index contributed by atoms with van der Waals surface area (Å²) in [6.07, 6.45) is 7.45. The molecule has 1 aromatic rings. The third kappa shape index (κ3) is 4.28. The van der Waals surface area contributed by atoms with Crippen molar-refractivity contribution in [2.75, 3.05) is 32.8 Å². The molecule has 2 aliphatic rings. The molecule has 0 bridgehead atoms. The van der Waals surface area contributed by atoms with Gasteiger partial charge < -0.3 is 10.1 Å². The molecule has 1 aliphatic carbocycles. The number of hydrogen-bond donors (Lipinski definition) is 1. The number of aromatic nitrogens is 2. The molecule has 2 heterocycles. The first kappa shape index (κ1) is 15.0. The molecule has 5 heteroatoms. The SMILES string of the molecule is CC(CN1CCOCC1)NCc1ccn(C2CCCC2)n1. The molecule has 1 N–H and O–H groups in total. The maximum Gasteiger partial charge on any atom is 0.0762 e. The van der Waals surface area contributed by atoms with E-state index < -0.39 is 0 Å². The summed E-state index contributed by atoms with van der Waals surface area (Å²) in [7, 11) is 0. The van der Waals surface area contributed by atoms with E-state index in [-0.39, 0.29) is 0 Å². The second-order valence-corrected chi connectivity index (χ2v) is 6.42. The van der Waals surface area contributed by atoms with Gasteiger partial charge in [0, 0.05) is 38.4 Å². The van der Waals surface area contributed by atoms with E-state index in [2.05, 4.69) is 34.1 Å². The van der Waals surface area contributed by atoms with Gasteiger partial charge in [-0.1, -0.05) is 12.8 Å². The van der Waals surface area contributed by atoms with Crippen molar-refractivity contribution >= 4 is 0 Å². The van der Waals surface area contributed by atoms with Crippen LogP contribution in [0.15, 0.2) is 12.3 Å². The first-order chi connectivity index (χ1) is 10.3. The molecule has 1 aliphatic heterocycles. The zero-order chi connectivity index (χ0) is 14.5. The number of nitrogens with zero attached hydrogens (tertiary/aromatic N) is 3. The molecular formula is C16H28N4O. The number of hydrogen-bond acceptors (Lipinski definition) is 4. The van der Waals surface area contributed by atoms with Crippen LogP contribution >= 0.6 is 0 Å². The second kappa shape index (κ2) is 7.38. The Labute approximate surface area is 127 Å². The number of ether oxygens (including phenoxy) is 1. The van der Waals surface area contributed by atoms with Gasteiger partial charge in [0.25, 0.3) is 0 Å². The summed E-state index contributed by atoms with van der Waals surface area (Å²) in [6.45, 7) is 8.07. The maximum atomic E-state index is 5.39. The van der Waals surface area contributed by atoms with Gasteiger partial charge in [-0.05, 0) is 25.8 Å². The predicted molar refractivity (Wildman–Crippen MR) is 83.3 cm³/mol. The molecule has 5 nitrogen and oxygen atoms in total. The zero-order valence-electron chi connectivity index (χ0n) is 13.1. The lowest BCUT2D eigenvalue weighted by Gasteiger charge is -2.29. The van der Waals surface area contributed by atoms with Crippen LogP contribution in [0.2, 0.25) is 0 Å². The second-order valence-electron chi connectivity index (χ2n) is 6.42. The molecule has 2 fully saturated rings. The van der Waals surface area contributed by atoms with Gasteiger partial charge in [-0.15, -0.1) is 0 Å². The fourth-order valence-corrected chi connectivity index (χ4v) is 3.36. The molecular weight excluding hydrogens is 264 g/mol. The lowest BCUT2D eigenvalue weighted by molar-refractivity contribution is 0.0343. The highest BCUT2D eigenvalue weighted by molar-refractivity contribution is 5.00. The number of nitrogens with one attached hydrogen (secondary N) is 1. The smallest absolute Gasteiger partial charge is 0.0762 e. The van der Waals surface area contributed by atoms with Crippen LogP contribution in [-0.4, -0.2) is 53.6 Å². The third-order valence-corrected chi connectivity index (χ3v) is 4.63. The van der Waals surface area contributed by atoms with Crippen LogP contribution in [0.4, 0.5) is 0 Å². The molecule has 21 heavy (non-hydrogen) atoms. The molecule has 1 saturated heterocycles. The Balaban J connectivity index is 1.41. The van der Waals surface area contributed by atoms with E-state index in [9.17, 15) is 0 Å². The largest absolute Gasteiger partial charge is 0.379 e. The molecule has 0 aromatic carbocycles. The lowest BCUT2D eigenvalue weighted by atomic mass is 10.2. The Morgan fingerprint density at radius 2 is 2.10 bits per heavy atom. The van der Waals surface area contributed by atoms with Gasteiger partial charge in [0.2, 0.25) is 0 Å². The van der Waals surface area contributed by atoms with Crippen molar-refractivity contribution < 1.29 is 4.74 Å². The number of rotatable bonds is 6. The number of morpholine rings is 1. The van der Waals surface area contributed by atoms with Crippen LogP contribution in [-0.2, 0) is 11.3 Å². The fourth-order valence-electron chi connectivity index (χ4n) is 3.36. The minimum absolute atomic E-state index is 0.486. The summed E-state index contributed by atoms with van der Waals surface area (Å²) >= 11 is 0.